The van der Waals surface area contributed by atoms with Gasteiger partial charge in [-0.25, -0.2) is 0 Å². The van der Waals surface area contributed by atoms with Gasteiger partial charge in [-0.15, -0.1) is 0 Å². The van der Waals surface area contributed by atoms with Crippen molar-refractivity contribution in [2.45, 2.75) is 44.9 Å². The van der Waals surface area contributed by atoms with Crippen molar-refractivity contribution in [2.75, 3.05) is 6.61 Å². The molecule has 0 aromatic heterocycles. The number of benzene rings is 1. The molecule has 0 bridgehead atoms. The zero-order valence-electron chi connectivity index (χ0n) is 14.5. The third-order valence-corrected chi connectivity index (χ3v) is 5.70. The second kappa shape index (κ2) is 5.51. The van der Waals surface area contributed by atoms with Gasteiger partial charge in [0.05, 0.1) is 6.61 Å². The van der Waals surface area contributed by atoms with Crippen molar-refractivity contribution in [3.8, 4) is 0 Å². The average Bonchev–Trinajstić information content (AvgIpc) is 2.61. The Labute approximate surface area is 146 Å². The van der Waals surface area contributed by atoms with Gasteiger partial charge >= 0.3 is 0 Å². The van der Waals surface area contributed by atoms with Gasteiger partial charge in [-0.1, -0.05) is 13.3 Å². The first-order valence-corrected chi connectivity index (χ1v) is 8.83. The largest absolute Gasteiger partial charge is 0.490 e. The highest BCUT2D eigenvalue weighted by Crippen LogP contribution is 2.50. The normalized spacial score (nSPS) is 24.8. The number of fused-ring (bicyclic) bond motifs is 4. The molecule has 0 heterocycles. The van der Waals surface area contributed by atoms with Crippen LogP contribution in [-0.2, 0) is 10.2 Å². The highest BCUT2D eigenvalue weighted by molar-refractivity contribution is 6.23. The molecule has 0 saturated heterocycles. The molecule has 0 radical (unpaired) electrons. The van der Waals surface area contributed by atoms with E-state index in [2.05, 4.69) is 6.92 Å². The molecule has 25 heavy (non-hydrogen) atoms. The van der Waals surface area contributed by atoms with Gasteiger partial charge in [-0.3, -0.25) is 14.4 Å². The van der Waals surface area contributed by atoms with Gasteiger partial charge in [0.15, 0.2) is 17.3 Å². The van der Waals surface area contributed by atoms with E-state index in [1.165, 1.54) is 12.2 Å². The predicted octanol–water partition coefficient (Wildman–Crippen LogP) is 3.94. The summed E-state index contributed by atoms with van der Waals surface area (Å²) in [4.78, 5) is 37.5. The molecule has 1 saturated carbocycles. The lowest BCUT2D eigenvalue weighted by atomic mass is 9.62. The van der Waals surface area contributed by atoms with E-state index in [-0.39, 0.29) is 22.8 Å². The second-order valence-electron chi connectivity index (χ2n) is 7.11. The third-order valence-electron chi connectivity index (χ3n) is 5.70. The molecule has 4 rings (SSSR count). The molecular formula is C21H20O4. The number of hydrogen-bond donors (Lipinski definition) is 0. The summed E-state index contributed by atoms with van der Waals surface area (Å²) in [6.45, 7) is 4.43. The summed E-state index contributed by atoms with van der Waals surface area (Å²) in [6.07, 6.45) is 6.44. The van der Waals surface area contributed by atoms with Gasteiger partial charge in [0.25, 0.3) is 0 Å². The maximum Gasteiger partial charge on any atom is 0.227 e. The Kier molecular flexibility index (Phi) is 3.53. The van der Waals surface area contributed by atoms with Crippen LogP contribution in [0.3, 0.4) is 0 Å². The Morgan fingerprint density at radius 1 is 1.00 bits per heavy atom. The van der Waals surface area contributed by atoms with Gasteiger partial charge in [0.2, 0.25) is 5.78 Å². The molecule has 3 aliphatic rings. The standard InChI is InChI=1S/C21H20O4/c1-3-25-20-15-6-4-5-9-21(15,2)16-11-13-12(10-14(16)19(20)24)17(22)7-8-18(13)23/h7-8,10-11H,3-6,9H2,1-2H3. The zero-order chi connectivity index (χ0) is 17.8. The molecule has 128 valence electrons. The number of carbonyl (C=O) groups excluding carboxylic acids is 3. The third kappa shape index (κ3) is 2.16. The van der Waals surface area contributed by atoms with Crippen LogP contribution in [0.4, 0.5) is 0 Å². The van der Waals surface area contributed by atoms with E-state index >= 15 is 0 Å². The van der Waals surface area contributed by atoms with Crippen LogP contribution in [0.1, 0.15) is 76.2 Å². The lowest BCUT2D eigenvalue weighted by Gasteiger charge is -2.42. The number of ketones is 3. The highest BCUT2D eigenvalue weighted by atomic mass is 16.5. The fourth-order valence-corrected chi connectivity index (χ4v) is 4.41. The lowest BCUT2D eigenvalue weighted by molar-refractivity contribution is 0.0897. The molecule has 1 unspecified atom stereocenters. The van der Waals surface area contributed by atoms with Crippen LogP contribution in [0.5, 0.6) is 0 Å². The Bertz CT molecular complexity index is 887. The van der Waals surface area contributed by atoms with Crippen LogP contribution in [0.2, 0.25) is 0 Å². The minimum Gasteiger partial charge on any atom is -0.490 e. The molecule has 1 atom stereocenters. The number of hydrogen-bond acceptors (Lipinski definition) is 4. The Balaban J connectivity index is 1.99. The topological polar surface area (TPSA) is 60.4 Å². The van der Waals surface area contributed by atoms with E-state index in [9.17, 15) is 14.4 Å². The van der Waals surface area contributed by atoms with Gasteiger partial charge < -0.3 is 4.74 Å². The van der Waals surface area contributed by atoms with Crippen LogP contribution >= 0.6 is 0 Å². The first kappa shape index (κ1) is 16.0. The Morgan fingerprint density at radius 3 is 2.36 bits per heavy atom. The smallest absolute Gasteiger partial charge is 0.227 e. The molecule has 1 fully saturated rings. The maximum atomic E-state index is 13.1. The molecule has 4 nitrogen and oxygen atoms in total. The molecule has 0 aliphatic heterocycles. The molecule has 0 spiro atoms. The lowest BCUT2D eigenvalue weighted by Crippen LogP contribution is -2.37. The molecule has 1 aromatic carbocycles. The molecule has 0 amide bonds. The highest BCUT2D eigenvalue weighted by Gasteiger charge is 2.45. The summed E-state index contributed by atoms with van der Waals surface area (Å²) in [6, 6.07) is 3.38. The fraction of sp³-hybridized carbons (Fsp3) is 0.381. The van der Waals surface area contributed by atoms with Crippen LogP contribution < -0.4 is 0 Å². The molecule has 3 aliphatic carbocycles. The van der Waals surface area contributed by atoms with Crippen molar-refractivity contribution in [2.24, 2.45) is 0 Å². The van der Waals surface area contributed by atoms with Crippen LogP contribution in [0, 0.1) is 0 Å². The minimum absolute atomic E-state index is 0.163. The number of rotatable bonds is 2. The number of Topliss-reactive ketones (excluding diaryl/α,β-unsaturated/α-hetero) is 1. The first-order valence-electron chi connectivity index (χ1n) is 8.83. The molecule has 4 heteroatoms. The van der Waals surface area contributed by atoms with Crippen molar-refractivity contribution in [1.29, 1.82) is 0 Å². The number of allylic oxidation sites excluding steroid dienone is 4. The summed E-state index contributed by atoms with van der Waals surface area (Å²) < 4.78 is 5.74. The number of carbonyl (C=O) groups is 3. The average molecular weight is 336 g/mol. The van der Waals surface area contributed by atoms with Crippen molar-refractivity contribution in [1.82, 2.24) is 0 Å². The van der Waals surface area contributed by atoms with E-state index in [4.69, 9.17) is 4.74 Å². The van der Waals surface area contributed by atoms with E-state index < -0.39 is 0 Å². The van der Waals surface area contributed by atoms with E-state index in [1.54, 1.807) is 12.1 Å². The summed E-state index contributed by atoms with van der Waals surface area (Å²) in [7, 11) is 0. The van der Waals surface area contributed by atoms with Crippen LogP contribution in [0.15, 0.2) is 35.6 Å². The summed E-state index contributed by atoms with van der Waals surface area (Å²) in [5.41, 5.74) is 2.83. The van der Waals surface area contributed by atoms with Gasteiger partial charge in [0.1, 0.15) is 0 Å². The quantitative estimate of drug-likeness (QED) is 0.821. The maximum absolute atomic E-state index is 13.1. The van der Waals surface area contributed by atoms with E-state index in [0.29, 0.717) is 29.1 Å². The monoisotopic (exact) mass is 336 g/mol. The Hall–Kier alpha value is -2.49. The molecule has 1 aromatic rings. The predicted molar refractivity (Wildman–Crippen MR) is 93.0 cm³/mol. The fourth-order valence-electron chi connectivity index (χ4n) is 4.41. The second-order valence-corrected chi connectivity index (χ2v) is 7.11. The minimum atomic E-state index is -0.314. The number of ether oxygens (including phenoxy) is 1. The molecule has 0 N–H and O–H groups in total. The van der Waals surface area contributed by atoms with Crippen molar-refractivity contribution in [3.05, 3.63) is 57.9 Å². The van der Waals surface area contributed by atoms with Crippen LogP contribution in [0.25, 0.3) is 0 Å². The van der Waals surface area contributed by atoms with Gasteiger partial charge in [0, 0.05) is 22.1 Å². The molecular weight excluding hydrogens is 316 g/mol. The van der Waals surface area contributed by atoms with E-state index in [0.717, 1.165) is 36.8 Å². The zero-order valence-corrected chi connectivity index (χ0v) is 14.5. The van der Waals surface area contributed by atoms with Crippen molar-refractivity contribution < 1.29 is 19.1 Å². The Morgan fingerprint density at radius 2 is 1.68 bits per heavy atom. The van der Waals surface area contributed by atoms with Gasteiger partial charge in [-0.2, -0.15) is 0 Å². The van der Waals surface area contributed by atoms with Crippen LogP contribution in [-0.4, -0.2) is 24.0 Å². The summed E-state index contributed by atoms with van der Waals surface area (Å²) in [5.74, 6) is -0.122. The summed E-state index contributed by atoms with van der Waals surface area (Å²) >= 11 is 0. The van der Waals surface area contributed by atoms with Crippen molar-refractivity contribution >= 4 is 17.3 Å². The van der Waals surface area contributed by atoms with Gasteiger partial charge in [-0.05, 0) is 61.6 Å². The SMILES string of the molecule is CCOC1=C2CCCCC2(C)c2cc3c(cc2C1=O)C(=O)C=CC3=O. The van der Waals surface area contributed by atoms with Crippen molar-refractivity contribution in [3.63, 3.8) is 0 Å². The first-order chi connectivity index (χ1) is 12.0. The van der Waals surface area contributed by atoms with E-state index in [1.807, 2.05) is 6.92 Å². The summed E-state index contributed by atoms with van der Waals surface area (Å²) in [5, 5.41) is 0.